The van der Waals surface area contributed by atoms with Crippen LogP contribution in [0.25, 0.3) is 17.2 Å². The van der Waals surface area contributed by atoms with E-state index in [9.17, 15) is 0 Å². The van der Waals surface area contributed by atoms with Crippen molar-refractivity contribution in [1.82, 2.24) is 9.91 Å². The summed E-state index contributed by atoms with van der Waals surface area (Å²) in [5.41, 5.74) is 5.63. The fourth-order valence-corrected chi connectivity index (χ4v) is 4.26. The second-order valence-electron chi connectivity index (χ2n) is 7.21. The zero-order chi connectivity index (χ0) is 18.8. The molecule has 2 aromatic carbocycles. The van der Waals surface area contributed by atoms with Gasteiger partial charge in [-0.15, -0.1) is 0 Å². The molecule has 1 aliphatic carbocycles. The maximum absolute atomic E-state index is 5.29. The van der Waals surface area contributed by atoms with E-state index in [4.69, 9.17) is 4.42 Å². The molecule has 1 saturated heterocycles. The molecular weight excluding hydrogens is 346 g/mol. The van der Waals surface area contributed by atoms with E-state index in [1.807, 2.05) is 30.5 Å². The van der Waals surface area contributed by atoms with Gasteiger partial charge in [0.25, 0.3) is 0 Å². The number of nitrogens with zero attached hydrogens (tertiary/aromatic N) is 3. The highest BCUT2D eigenvalue weighted by molar-refractivity contribution is 5.78. The lowest BCUT2D eigenvalue weighted by atomic mass is 10.0. The molecule has 1 aliphatic heterocycles. The molecular formula is C24H23N3O. The van der Waals surface area contributed by atoms with Crippen LogP contribution in [-0.4, -0.2) is 42.3 Å². The average molecular weight is 369 g/mol. The molecule has 1 aromatic heterocycles. The van der Waals surface area contributed by atoms with Crippen molar-refractivity contribution in [2.24, 2.45) is 5.10 Å². The molecule has 0 amide bonds. The van der Waals surface area contributed by atoms with E-state index >= 15 is 0 Å². The Balaban J connectivity index is 1.27. The van der Waals surface area contributed by atoms with Crippen LogP contribution in [0.5, 0.6) is 0 Å². The second kappa shape index (κ2) is 7.49. The van der Waals surface area contributed by atoms with Crippen molar-refractivity contribution in [1.29, 1.82) is 0 Å². The van der Waals surface area contributed by atoms with Gasteiger partial charge in [0, 0.05) is 32.4 Å². The van der Waals surface area contributed by atoms with Crippen molar-refractivity contribution in [2.45, 2.75) is 6.04 Å². The summed E-state index contributed by atoms with van der Waals surface area (Å²) in [5.74, 6) is 0.842. The number of hydrogen-bond donors (Lipinski definition) is 0. The Hall–Kier alpha value is -3.11. The Bertz CT molecular complexity index is 953. The zero-order valence-electron chi connectivity index (χ0n) is 15.7. The molecule has 140 valence electrons. The maximum Gasteiger partial charge on any atom is 0.126 e. The highest BCUT2D eigenvalue weighted by Crippen LogP contribution is 2.46. The number of hydrogen-bond acceptors (Lipinski definition) is 4. The van der Waals surface area contributed by atoms with Crippen molar-refractivity contribution in [2.75, 3.05) is 26.2 Å². The molecule has 2 aliphatic rings. The number of rotatable bonds is 4. The van der Waals surface area contributed by atoms with Crippen LogP contribution in [0.15, 0.2) is 82.5 Å². The molecule has 1 fully saturated rings. The number of furan rings is 1. The number of piperazine rings is 1. The van der Waals surface area contributed by atoms with Gasteiger partial charge in [-0.2, -0.15) is 5.10 Å². The molecule has 4 heteroatoms. The van der Waals surface area contributed by atoms with Crippen LogP contribution in [0.1, 0.15) is 22.9 Å². The molecule has 28 heavy (non-hydrogen) atoms. The predicted molar refractivity (Wildman–Crippen MR) is 113 cm³/mol. The van der Waals surface area contributed by atoms with Crippen molar-refractivity contribution in [3.63, 3.8) is 0 Å². The van der Waals surface area contributed by atoms with Gasteiger partial charge in [0.15, 0.2) is 0 Å². The predicted octanol–water partition coefficient (Wildman–Crippen LogP) is 4.67. The highest BCUT2D eigenvalue weighted by atomic mass is 16.3. The van der Waals surface area contributed by atoms with Crippen molar-refractivity contribution in [3.8, 4) is 11.1 Å². The minimum atomic E-state index is 0.359. The van der Waals surface area contributed by atoms with Crippen molar-refractivity contribution < 1.29 is 4.42 Å². The lowest BCUT2D eigenvalue weighted by molar-refractivity contribution is 0.114. The largest absolute Gasteiger partial charge is 0.465 e. The molecule has 2 heterocycles. The van der Waals surface area contributed by atoms with E-state index in [-0.39, 0.29) is 0 Å². The molecule has 0 radical (unpaired) electrons. The highest BCUT2D eigenvalue weighted by Gasteiger charge is 2.33. The van der Waals surface area contributed by atoms with Gasteiger partial charge in [-0.3, -0.25) is 9.91 Å². The summed E-state index contributed by atoms with van der Waals surface area (Å²) in [7, 11) is 0. The van der Waals surface area contributed by atoms with E-state index in [0.717, 1.165) is 31.9 Å². The number of fused-ring (bicyclic) bond motifs is 3. The van der Waals surface area contributed by atoms with Crippen LogP contribution in [0.4, 0.5) is 0 Å². The van der Waals surface area contributed by atoms with Gasteiger partial charge in [-0.05, 0) is 46.5 Å². The molecule has 0 bridgehead atoms. The van der Waals surface area contributed by atoms with Gasteiger partial charge in [-0.25, -0.2) is 0 Å². The van der Waals surface area contributed by atoms with Gasteiger partial charge < -0.3 is 4.42 Å². The van der Waals surface area contributed by atoms with E-state index in [1.54, 1.807) is 6.26 Å². The normalized spacial score (nSPS) is 17.5. The molecule has 0 unspecified atom stereocenters. The molecule has 0 spiro atoms. The number of hydrazone groups is 1. The van der Waals surface area contributed by atoms with Gasteiger partial charge in [0.1, 0.15) is 5.76 Å². The standard InChI is InChI=1S/C24H23N3O/c1-3-11-22-20(9-1)21-10-2-4-12-23(21)24(22)26-14-16-27(17-15-26)25-13-5-7-19-8-6-18-28-19/h1-13,18,24H,14-17H2/b7-5+,25-13+. The summed E-state index contributed by atoms with van der Waals surface area (Å²) in [4.78, 5) is 2.59. The summed E-state index contributed by atoms with van der Waals surface area (Å²) in [6.07, 6.45) is 7.37. The minimum absolute atomic E-state index is 0.359. The summed E-state index contributed by atoms with van der Waals surface area (Å²) >= 11 is 0. The van der Waals surface area contributed by atoms with Gasteiger partial charge in [-0.1, -0.05) is 48.5 Å². The molecule has 0 atom stereocenters. The first kappa shape index (κ1) is 17.0. The van der Waals surface area contributed by atoms with E-state index < -0.39 is 0 Å². The van der Waals surface area contributed by atoms with Gasteiger partial charge in [0.2, 0.25) is 0 Å². The van der Waals surface area contributed by atoms with Crippen LogP contribution < -0.4 is 0 Å². The SMILES string of the molecule is C(=C\c1ccco1)/C=N/N1CCN(C2c3ccccc3-c3ccccc32)CC1. The third kappa shape index (κ3) is 3.16. The molecule has 5 rings (SSSR count). The van der Waals surface area contributed by atoms with Crippen LogP contribution in [0.2, 0.25) is 0 Å². The number of benzene rings is 2. The maximum atomic E-state index is 5.29. The van der Waals surface area contributed by atoms with Gasteiger partial charge >= 0.3 is 0 Å². The number of allylic oxidation sites excluding steroid dienone is 1. The molecule has 4 nitrogen and oxygen atoms in total. The summed E-state index contributed by atoms with van der Waals surface area (Å²) in [6, 6.07) is 21.8. The van der Waals surface area contributed by atoms with Gasteiger partial charge in [0.05, 0.1) is 12.3 Å². The third-order valence-corrected chi connectivity index (χ3v) is 5.58. The Kier molecular flexibility index (Phi) is 4.55. The third-order valence-electron chi connectivity index (χ3n) is 5.58. The monoisotopic (exact) mass is 369 g/mol. The fourth-order valence-electron chi connectivity index (χ4n) is 4.26. The first-order valence-corrected chi connectivity index (χ1v) is 9.81. The first-order valence-electron chi connectivity index (χ1n) is 9.81. The average Bonchev–Trinajstić information content (AvgIpc) is 3.38. The van der Waals surface area contributed by atoms with E-state index in [0.29, 0.717) is 6.04 Å². The Labute approximate surface area is 165 Å². The topological polar surface area (TPSA) is 32.0 Å². The summed E-state index contributed by atoms with van der Waals surface area (Å²) < 4.78 is 5.29. The van der Waals surface area contributed by atoms with E-state index in [2.05, 4.69) is 63.5 Å². The van der Waals surface area contributed by atoms with Crippen LogP contribution in [0.3, 0.4) is 0 Å². The first-order chi connectivity index (χ1) is 13.9. The second-order valence-corrected chi connectivity index (χ2v) is 7.21. The van der Waals surface area contributed by atoms with Crippen LogP contribution in [0, 0.1) is 0 Å². The zero-order valence-corrected chi connectivity index (χ0v) is 15.7. The van der Waals surface area contributed by atoms with Crippen LogP contribution >= 0.6 is 0 Å². The lowest BCUT2D eigenvalue weighted by Gasteiger charge is -2.37. The van der Waals surface area contributed by atoms with E-state index in [1.165, 1.54) is 22.3 Å². The molecule has 3 aromatic rings. The molecule has 0 saturated carbocycles. The Morgan fingerprint density at radius 3 is 2.14 bits per heavy atom. The van der Waals surface area contributed by atoms with Crippen LogP contribution in [-0.2, 0) is 0 Å². The van der Waals surface area contributed by atoms with Crippen molar-refractivity contribution in [3.05, 3.63) is 89.9 Å². The lowest BCUT2D eigenvalue weighted by Crippen LogP contribution is -2.45. The fraction of sp³-hybridized carbons (Fsp3) is 0.208. The quantitative estimate of drug-likeness (QED) is 0.627. The Morgan fingerprint density at radius 2 is 1.50 bits per heavy atom. The Morgan fingerprint density at radius 1 is 0.821 bits per heavy atom. The molecule has 0 N–H and O–H groups in total. The smallest absolute Gasteiger partial charge is 0.126 e. The minimum Gasteiger partial charge on any atom is -0.465 e. The summed E-state index contributed by atoms with van der Waals surface area (Å²) in [5, 5.41) is 6.73. The summed E-state index contributed by atoms with van der Waals surface area (Å²) in [6.45, 7) is 3.89. The van der Waals surface area contributed by atoms with Crippen molar-refractivity contribution >= 4 is 12.3 Å².